The first-order chi connectivity index (χ1) is 16.0. The smallest absolute Gasteiger partial charge is 0.405 e. The van der Waals surface area contributed by atoms with Gasteiger partial charge in [-0.3, -0.25) is 5.73 Å². The third kappa shape index (κ3) is 5.67. The Hall–Kier alpha value is -2.30. The Kier molecular flexibility index (Phi) is 7.12. The number of nitrogens with zero attached hydrogens (tertiary/aromatic N) is 2. The molecule has 0 bridgehead atoms. The molecule has 0 radical (unpaired) electrons. The van der Waals surface area contributed by atoms with E-state index in [9.17, 15) is 13.2 Å². The van der Waals surface area contributed by atoms with Gasteiger partial charge in [-0.1, -0.05) is 34.1 Å². The van der Waals surface area contributed by atoms with Crippen LogP contribution in [0.3, 0.4) is 0 Å². The van der Waals surface area contributed by atoms with Crippen LogP contribution in [0.4, 0.5) is 18.9 Å². The summed E-state index contributed by atoms with van der Waals surface area (Å²) in [4.78, 5) is 6.89. The molecule has 1 fully saturated rings. The second-order valence-corrected chi connectivity index (χ2v) is 9.97. The molecule has 1 unspecified atom stereocenters. The van der Waals surface area contributed by atoms with E-state index in [2.05, 4.69) is 31.3 Å². The maximum absolute atomic E-state index is 12.8. The highest BCUT2D eigenvalue weighted by Gasteiger charge is 2.41. The summed E-state index contributed by atoms with van der Waals surface area (Å²) < 4.78 is 43.1. The lowest BCUT2D eigenvalue weighted by Gasteiger charge is -2.43. The number of aliphatic imine (C=N–C) groups is 1. The molecule has 0 amide bonds. The van der Waals surface area contributed by atoms with Crippen LogP contribution in [-0.2, 0) is 6.54 Å². The second kappa shape index (κ2) is 9.75. The summed E-state index contributed by atoms with van der Waals surface area (Å²) in [6.07, 6.45) is -1.34. The molecule has 1 atom stereocenters. The standard InChI is InChI=1S/C24H29BrF3N5O/c1-33(2)22-19-5-3-4-6-20(19)31-23(29,32-22)16-8-11-18(12-9-16)30-14-15-7-10-17(25)13-21(15)34-24(26,27)28/h3-7,10,13,16,18,30-31H,8-9,11-12,14,29H2,1-2H3. The molecule has 1 aliphatic carbocycles. The molecule has 6 nitrogen and oxygen atoms in total. The SMILES string of the molecule is CN(C)C1=NC(N)(C2CCC(NCc3ccc(Br)cc3OC(F)(F)F)CC2)Nc2ccccc21. The first-order valence-corrected chi connectivity index (χ1v) is 12.0. The van der Waals surface area contributed by atoms with Crippen molar-refractivity contribution < 1.29 is 17.9 Å². The monoisotopic (exact) mass is 539 g/mol. The first kappa shape index (κ1) is 24.8. The minimum absolute atomic E-state index is 0.130. The highest BCUT2D eigenvalue weighted by molar-refractivity contribution is 9.10. The van der Waals surface area contributed by atoms with E-state index in [-0.39, 0.29) is 24.3 Å². The van der Waals surface area contributed by atoms with Crippen molar-refractivity contribution in [2.24, 2.45) is 16.6 Å². The number of ether oxygens (including phenoxy) is 1. The summed E-state index contributed by atoms with van der Waals surface area (Å²) in [6, 6.07) is 12.9. The Morgan fingerprint density at radius 1 is 1.18 bits per heavy atom. The summed E-state index contributed by atoms with van der Waals surface area (Å²) in [5.74, 6) is -0.118. The topological polar surface area (TPSA) is 74.9 Å². The van der Waals surface area contributed by atoms with Gasteiger partial charge in [0, 0.05) is 53.9 Å². The molecular formula is C24H29BrF3N5O. The normalized spacial score (nSPS) is 24.6. The van der Waals surface area contributed by atoms with Crippen molar-refractivity contribution >= 4 is 27.5 Å². The van der Waals surface area contributed by atoms with Gasteiger partial charge in [0.15, 0.2) is 5.79 Å². The van der Waals surface area contributed by atoms with Gasteiger partial charge in [-0.05, 0) is 49.9 Å². The van der Waals surface area contributed by atoms with Gasteiger partial charge in [0.05, 0.1) is 0 Å². The lowest BCUT2D eigenvalue weighted by atomic mass is 9.81. The van der Waals surface area contributed by atoms with E-state index in [4.69, 9.17) is 10.7 Å². The molecule has 4 rings (SSSR count). The molecule has 0 aromatic heterocycles. The van der Waals surface area contributed by atoms with Crippen LogP contribution >= 0.6 is 15.9 Å². The Morgan fingerprint density at radius 3 is 2.56 bits per heavy atom. The summed E-state index contributed by atoms with van der Waals surface area (Å²) >= 11 is 3.21. The van der Waals surface area contributed by atoms with Crippen molar-refractivity contribution in [3.63, 3.8) is 0 Å². The minimum Gasteiger partial charge on any atom is -0.405 e. The van der Waals surface area contributed by atoms with Crippen LogP contribution in [-0.4, -0.2) is 43.0 Å². The van der Waals surface area contributed by atoms with Crippen molar-refractivity contribution in [2.75, 3.05) is 19.4 Å². The number of hydrogen-bond donors (Lipinski definition) is 3. The molecule has 4 N–H and O–H groups in total. The number of halogens is 4. The number of amidine groups is 1. The highest BCUT2D eigenvalue weighted by Crippen LogP contribution is 2.37. The van der Waals surface area contributed by atoms with Gasteiger partial charge in [-0.15, -0.1) is 13.2 Å². The first-order valence-electron chi connectivity index (χ1n) is 11.3. The Morgan fingerprint density at radius 2 is 1.88 bits per heavy atom. The lowest BCUT2D eigenvalue weighted by molar-refractivity contribution is -0.274. The van der Waals surface area contributed by atoms with Crippen molar-refractivity contribution in [1.82, 2.24) is 10.2 Å². The largest absolute Gasteiger partial charge is 0.573 e. The van der Waals surface area contributed by atoms with Crippen LogP contribution in [0.1, 0.15) is 36.8 Å². The summed E-state index contributed by atoms with van der Waals surface area (Å²) in [5, 5.41) is 6.84. The average Bonchev–Trinajstić information content (AvgIpc) is 2.77. The fraction of sp³-hybridized carbons (Fsp3) is 0.458. The molecule has 2 aliphatic rings. The van der Waals surface area contributed by atoms with Gasteiger partial charge in [-0.2, -0.15) is 0 Å². The molecule has 2 aromatic rings. The third-order valence-corrected chi connectivity index (χ3v) is 6.90. The Bertz CT molecular complexity index is 1050. The zero-order chi connectivity index (χ0) is 24.5. The number of hydrogen-bond acceptors (Lipinski definition) is 6. The van der Waals surface area contributed by atoms with Crippen LogP contribution < -0.4 is 21.1 Å². The molecule has 1 aliphatic heterocycles. The van der Waals surface area contributed by atoms with Gasteiger partial charge in [0.2, 0.25) is 0 Å². The fourth-order valence-corrected chi connectivity index (χ4v) is 5.03. The molecule has 10 heteroatoms. The fourth-order valence-electron chi connectivity index (χ4n) is 4.69. The second-order valence-electron chi connectivity index (χ2n) is 9.06. The van der Waals surface area contributed by atoms with Crippen LogP contribution in [0, 0.1) is 5.92 Å². The zero-order valence-corrected chi connectivity index (χ0v) is 20.7. The van der Waals surface area contributed by atoms with E-state index in [1.807, 2.05) is 43.3 Å². The van der Waals surface area contributed by atoms with E-state index in [1.165, 1.54) is 6.07 Å². The predicted molar refractivity (Wildman–Crippen MR) is 131 cm³/mol. The molecule has 2 aromatic carbocycles. The maximum Gasteiger partial charge on any atom is 0.573 e. The summed E-state index contributed by atoms with van der Waals surface area (Å²) in [5.41, 5.74) is 9.26. The van der Waals surface area contributed by atoms with Crippen molar-refractivity contribution in [2.45, 2.75) is 50.4 Å². The number of fused-ring (bicyclic) bond motifs is 1. The van der Waals surface area contributed by atoms with Gasteiger partial charge < -0.3 is 20.3 Å². The summed E-state index contributed by atoms with van der Waals surface area (Å²) in [6.45, 7) is 0.288. The average molecular weight is 540 g/mol. The minimum atomic E-state index is -4.74. The predicted octanol–water partition coefficient (Wildman–Crippen LogP) is 5.04. The van der Waals surface area contributed by atoms with E-state index in [0.29, 0.717) is 10.0 Å². The molecule has 1 saturated carbocycles. The zero-order valence-electron chi connectivity index (χ0n) is 19.1. The molecule has 1 heterocycles. The van der Waals surface area contributed by atoms with Crippen molar-refractivity contribution in [3.05, 3.63) is 58.1 Å². The van der Waals surface area contributed by atoms with Crippen molar-refractivity contribution in [3.8, 4) is 5.75 Å². The molecule has 34 heavy (non-hydrogen) atoms. The van der Waals surface area contributed by atoms with Crippen LogP contribution in [0.25, 0.3) is 0 Å². The lowest BCUT2D eigenvalue weighted by Crippen LogP contribution is -2.57. The number of rotatable bonds is 5. The van der Waals surface area contributed by atoms with E-state index in [0.717, 1.165) is 42.8 Å². The van der Waals surface area contributed by atoms with Crippen LogP contribution in [0.5, 0.6) is 5.75 Å². The highest BCUT2D eigenvalue weighted by atomic mass is 79.9. The number of nitrogens with one attached hydrogen (secondary N) is 2. The van der Waals surface area contributed by atoms with Crippen molar-refractivity contribution in [1.29, 1.82) is 0 Å². The summed E-state index contributed by atoms with van der Waals surface area (Å²) in [7, 11) is 3.92. The Labute approximate surface area is 205 Å². The molecule has 0 saturated heterocycles. The Balaban J connectivity index is 1.40. The van der Waals surface area contributed by atoms with E-state index >= 15 is 0 Å². The quantitative estimate of drug-likeness (QED) is 0.496. The maximum atomic E-state index is 12.8. The van der Waals surface area contributed by atoms with Crippen LogP contribution in [0.2, 0.25) is 0 Å². The molecular weight excluding hydrogens is 511 g/mol. The van der Waals surface area contributed by atoms with E-state index < -0.39 is 12.1 Å². The number of benzene rings is 2. The number of alkyl halides is 3. The van der Waals surface area contributed by atoms with Gasteiger partial charge in [0.25, 0.3) is 0 Å². The van der Waals surface area contributed by atoms with Gasteiger partial charge in [0.1, 0.15) is 11.6 Å². The van der Waals surface area contributed by atoms with E-state index in [1.54, 1.807) is 12.1 Å². The van der Waals surface area contributed by atoms with Gasteiger partial charge in [-0.25, -0.2) is 4.99 Å². The number of anilines is 1. The van der Waals surface area contributed by atoms with Crippen LogP contribution in [0.15, 0.2) is 51.9 Å². The molecule has 0 spiro atoms. The van der Waals surface area contributed by atoms with Gasteiger partial charge >= 0.3 is 6.36 Å². The third-order valence-electron chi connectivity index (χ3n) is 6.40. The number of nitrogens with two attached hydrogens (primary N) is 1. The number of para-hydroxylation sites is 1. The molecule has 184 valence electrons.